The summed E-state index contributed by atoms with van der Waals surface area (Å²) in [4.78, 5) is 25.8. The summed E-state index contributed by atoms with van der Waals surface area (Å²) in [5.41, 5.74) is 0.641. The molecule has 0 saturated heterocycles. The maximum atomic E-state index is 12.6. The summed E-state index contributed by atoms with van der Waals surface area (Å²) in [5.74, 6) is -1.46. The smallest absolute Gasteiger partial charge is 0.354 e. The average molecular weight is 367 g/mol. The Morgan fingerprint density at radius 3 is 2.50 bits per heavy atom. The van der Waals surface area contributed by atoms with E-state index >= 15 is 0 Å². The third-order valence-corrected chi connectivity index (χ3v) is 4.84. The number of benzene rings is 2. The van der Waals surface area contributed by atoms with E-state index in [1.54, 1.807) is 18.7 Å². The van der Waals surface area contributed by atoms with Gasteiger partial charge in [-0.05, 0) is 37.3 Å². The van der Waals surface area contributed by atoms with Crippen LogP contribution >= 0.6 is 11.8 Å². The van der Waals surface area contributed by atoms with Gasteiger partial charge in [-0.1, -0.05) is 42.1 Å². The highest BCUT2D eigenvalue weighted by Crippen LogP contribution is 2.33. The van der Waals surface area contributed by atoms with Crippen molar-refractivity contribution in [3.63, 3.8) is 0 Å². The molecule has 0 aliphatic carbocycles. The molecule has 2 aromatic carbocycles. The summed E-state index contributed by atoms with van der Waals surface area (Å²) in [7, 11) is 0. The second kappa shape index (κ2) is 7.88. The van der Waals surface area contributed by atoms with Crippen molar-refractivity contribution in [2.24, 2.45) is 0 Å². The van der Waals surface area contributed by atoms with Gasteiger partial charge in [0.2, 0.25) is 5.91 Å². The number of amides is 1. The van der Waals surface area contributed by atoms with E-state index < -0.39 is 12.0 Å². The van der Waals surface area contributed by atoms with E-state index in [1.165, 1.54) is 16.9 Å². The number of hydrogen-bond acceptors (Lipinski definition) is 4. The molecular weight excluding hydrogens is 350 g/mol. The van der Waals surface area contributed by atoms with Crippen LogP contribution in [0.15, 0.2) is 76.7 Å². The van der Waals surface area contributed by atoms with Gasteiger partial charge in [0.1, 0.15) is 11.7 Å². The highest BCUT2D eigenvalue weighted by molar-refractivity contribution is 7.99. The van der Waals surface area contributed by atoms with Gasteiger partial charge in [0.15, 0.2) is 0 Å². The van der Waals surface area contributed by atoms with Gasteiger partial charge < -0.3 is 10.4 Å². The van der Waals surface area contributed by atoms with E-state index in [2.05, 4.69) is 10.4 Å². The topological polar surface area (TPSA) is 84.2 Å². The zero-order valence-corrected chi connectivity index (χ0v) is 14.8. The van der Waals surface area contributed by atoms with Crippen LogP contribution in [0.2, 0.25) is 0 Å². The second-order valence-electron chi connectivity index (χ2n) is 5.54. The molecule has 1 amide bonds. The Hall–Kier alpha value is -3.06. The number of rotatable bonds is 6. The third-order valence-electron chi connectivity index (χ3n) is 3.75. The summed E-state index contributed by atoms with van der Waals surface area (Å²) < 4.78 is 1.20. The molecule has 6 nitrogen and oxygen atoms in total. The first-order valence-corrected chi connectivity index (χ1v) is 8.77. The third kappa shape index (κ3) is 3.94. The van der Waals surface area contributed by atoms with Crippen LogP contribution in [0.3, 0.4) is 0 Å². The van der Waals surface area contributed by atoms with E-state index in [0.29, 0.717) is 5.69 Å². The number of nitrogens with zero attached hydrogens (tertiary/aromatic N) is 2. The maximum Gasteiger partial charge on any atom is 0.354 e. The SMILES string of the molecule is CC(C(=O)Nc1ccccc1Sc1ccccc1)n1nccc1C(=O)O. The molecule has 1 aromatic heterocycles. The average Bonchev–Trinajstić information content (AvgIpc) is 3.13. The number of anilines is 1. The Labute approximate surface area is 154 Å². The van der Waals surface area contributed by atoms with Crippen molar-refractivity contribution >= 4 is 29.3 Å². The van der Waals surface area contributed by atoms with Gasteiger partial charge in [-0.3, -0.25) is 4.79 Å². The molecule has 1 atom stereocenters. The van der Waals surface area contributed by atoms with Crippen LogP contribution in [0.5, 0.6) is 0 Å². The second-order valence-corrected chi connectivity index (χ2v) is 6.66. The first kappa shape index (κ1) is 17.8. The fourth-order valence-corrected chi connectivity index (χ4v) is 3.34. The van der Waals surface area contributed by atoms with E-state index in [0.717, 1.165) is 9.79 Å². The first-order chi connectivity index (χ1) is 12.6. The predicted molar refractivity (Wildman–Crippen MR) is 99.5 cm³/mol. The van der Waals surface area contributed by atoms with Crippen molar-refractivity contribution < 1.29 is 14.7 Å². The van der Waals surface area contributed by atoms with Crippen LogP contribution in [-0.4, -0.2) is 26.8 Å². The molecule has 1 unspecified atom stereocenters. The number of carbonyl (C=O) groups is 2. The molecule has 132 valence electrons. The zero-order valence-electron chi connectivity index (χ0n) is 14.0. The van der Waals surface area contributed by atoms with E-state index in [1.807, 2.05) is 54.6 Å². The van der Waals surface area contributed by atoms with Crippen molar-refractivity contribution in [3.8, 4) is 0 Å². The number of carboxylic acid groups (broad SMARTS) is 1. The molecule has 26 heavy (non-hydrogen) atoms. The first-order valence-electron chi connectivity index (χ1n) is 7.96. The highest BCUT2D eigenvalue weighted by Gasteiger charge is 2.22. The molecule has 0 spiro atoms. The standard InChI is InChI=1S/C19H17N3O3S/c1-13(22-16(19(24)25)11-12-20-22)18(23)21-15-9-5-6-10-17(15)26-14-7-3-2-4-8-14/h2-13H,1H3,(H,21,23)(H,24,25). The molecule has 0 radical (unpaired) electrons. The Kier molecular flexibility index (Phi) is 5.38. The molecule has 0 bridgehead atoms. The minimum absolute atomic E-state index is 0.0282. The highest BCUT2D eigenvalue weighted by atomic mass is 32.2. The Morgan fingerprint density at radius 2 is 1.77 bits per heavy atom. The predicted octanol–water partition coefficient (Wildman–Crippen LogP) is 3.93. The molecule has 0 aliphatic heterocycles. The number of nitrogens with one attached hydrogen (secondary N) is 1. The number of hydrogen-bond donors (Lipinski definition) is 2. The fourth-order valence-electron chi connectivity index (χ4n) is 2.41. The zero-order chi connectivity index (χ0) is 18.5. The van der Waals surface area contributed by atoms with Gasteiger partial charge in [-0.25, -0.2) is 9.48 Å². The number of aromatic carboxylic acids is 1. The van der Waals surface area contributed by atoms with Crippen LogP contribution in [0.4, 0.5) is 5.69 Å². The monoisotopic (exact) mass is 367 g/mol. The van der Waals surface area contributed by atoms with Crippen molar-refractivity contribution in [1.82, 2.24) is 9.78 Å². The Bertz CT molecular complexity index is 925. The van der Waals surface area contributed by atoms with Gasteiger partial charge in [-0.15, -0.1) is 0 Å². The van der Waals surface area contributed by atoms with E-state index in [-0.39, 0.29) is 11.6 Å². The molecule has 3 aromatic rings. The molecule has 1 heterocycles. The number of aromatic nitrogens is 2. The molecular formula is C19H17N3O3S. The van der Waals surface area contributed by atoms with Crippen LogP contribution in [-0.2, 0) is 4.79 Å². The van der Waals surface area contributed by atoms with Crippen LogP contribution < -0.4 is 5.32 Å². The maximum absolute atomic E-state index is 12.6. The largest absolute Gasteiger partial charge is 0.477 e. The van der Waals surface area contributed by atoms with Crippen molar-refractivity contribution in [2.45, 2.75) is 22.8 Å². The number of carboxylic acids is 1. The summed E-state index contributed by atoms with van der Waals surface area (Å²) in [5, 5.41) is 16.0. The van der Waals surface area contributed by atoms with E-state index in [9.17, 15) is 14.7 Å². The summed E-state index contributed by atoms with van der Waals surface area (Å²) >= 11 is 1.54. The van der Waals surface area contributed by atoms with Crippen molar-refractivity contribution in [2.75, 3.05) is 5.32 Å². The molecule has 7 heteroatoms. The van der Waals surface area contributed by atoms with Gasteiger partial charge in [-0.2, -0.15) is 5.10 Å². The minimum atomic E-state index is -1.12. The van der Waals surface area contributed by atoms with Gasteiger partial charge >= 0.3 is 5.97 Å². The quantitative estimate of drug-likeness (QED) is 0.689. The van der Waals surface area contributed by atoms with Gasteiger partial charge in [0.25, 0.3) is 0 Å². The Balaban J connectivity index is 1.79. The lowest BCUT2D eigenvalue weighted by atomic mass is 10.2. The molecule has 2 N–H and O–H groups in total. The lowest BCUT2D eigenvalue weighted by Gasteiger charge is -2.16. The van der Waals surface area contributed by atoms with Gasteiger partial charge in [0.05, 0.1) is 5.69 Å². The normalized spacial score (nSPS) is 11.7. The van der Waals surface area contributed by atoms with Crippen LogP contribution in [0.25, 0.3) is 0 Å². The molecule has 0 aliphatic rings. The summed E-state index contributed by atoms with van der Waals surface area (Å²) in [6.45, 7) is 1.61. The fraction of sp³-hybridized carbons (Fsp3) is 0.105. The van der Waals surface area contributed by atoms with Crippen LogP contribution in [0.1, 0.15) is 23.5 Å². The molecule has 3 rings (SSSR count). The number of para-hydroxylation sites is 1. The summed E-state index contributed by atoms with van der Waals surface area (Å²) in [6.07, 6.45) is 1.37. The summed E-state index contributed by atoms with van der Waals surface area (Å²) in [6, 6.07) is 17.9. The van der Waals surface area contributed by atoms with E-state index in [4.69, 9.17) is 0 Å². The minimum Gasteiger partial charge on any atom is -0.477 e. The van der Waals surface area contributed by atoms with Crippen molar-refractivity contribution in [1.29, 1.82) is 0 Å². The lowest BCUT2D eigenvalue weighted by molar-refractivity contribution is -0.119. The lowest BCUT2D eigenvalue weighted by Crippen LogP contribution is -2.27. The molecule has 0 saturated carbocycles. The molecule has 0 fully saturated rings. The number of carbonyl (C=O) groups excluding carboxylic acids is 1. The van der Waals surface area contributed by atoms with Crippen LogP contribution in [0, 0.1) is 0 Å². The Morgan fingerprint density at radius 1 is 1.08 bits per heavy atom. The van der Waals surface area contributed by atoms with Gasteiger partial charge in [0, 0.05) is 16.0 Å². The van der Waals surface area contributed by atoms with Crippen molar-refractivity contribution in [3.05, 3.63) is 72.6 Å².